The van der Waals surface area contributed by atoms with Crippen LogP contribution in [0.1, 0.15) is 23.7 Å². The normalized spacial score (nSPS) is 10.9. The van der Waals surface area contributed by atoms with Crippen molar-refractivity contribution in [3.05, 3.63) is 88.0 Å². The topological polar surface area (TPSA) is 74.8 Å². The molecular formula is C23H23N5O2. The second-order valence-electron chi connectivity index (χ2n) is 7.06. The molecule has 7 nitrogen and oxygen atoms in total. The molecule has 0 fully saturated rings. The minimum absolute atomic E-state index is 0.301. The van der Waals surface area contributed by atoms with Gasteiger partial charge in [0.15, 0.2) is 0 Å². The van der Waals surface area contributed by atoms with Gasteiger partial charge in [0.05, 0.1) is 11.4 Å². The number of pyridine rings is 1. The first-order chi connectivity index (χ1) is 14.6. The van der Waals surface area contributed by atoms with Crippen LogP contribution >= 0.6 is 0 Å². The fourth-order valence-electron chi connectivity index (χ4n) is 3.27. The summed E-state index contributed by atoms with van der Waals surface area (Å²) < 4.78 is 8.55. The zero-order valence-corrected chi connectivity index (χ0v) is 17.2. The molecule has 7 heteroatoms. The second kappa shape index (κ2) is 8.32. The van der Waals surface area contributed by atoms with Crippen LogP contribution in [-0.2, 0) is 20.1 Å². The molecular weight excluding hydrogens is 378 g/mol. The van der Waals surface area contributed by atoms with Gasteiger partial charge in [0, 0.05) is 23.9 Å². The predicted molar refractivity (Wildman–Crippen MR) is 115 cm³/mol. The SMILES string of the molecule is CCc1cccc(-c2ccc(OCc3ccccc3-n3nnn(C)c3=O)c(C)c2)n1. The van der Waals surface area contributed by atoms with Crippen molar-refractivity contribution in [2.75, 3.05) is 0 Å². The van der Waals surface area contributed by atoms with Crippen LogP contribution < -0.4 is 10.4 Å². The molecule has 0 saturated heterocycles. The molecule has 30 heavy (non-hydrogen) atoms. The lowest BCUT2D eigenvalue weighted by Crippen LogP contribution is -2.23. The Kier molecular flexibility index (Phi) is 5.43. The van der Waals surface area contributed by atoms with Crippen molar-refractivity contribution < 1.29 is 4.74 Å². The molecule has 152 valence electrons. The summed E-state index contributed by atoms with van der Waals surface area (Å²) in [5.74, 6) is 0.784. The van der Waals surface area contributed by atoms with Gasteiger partial charge in [0.25, 0.3) is 0 Å². The summed E-state index contributed by atoms with van der Waals surface area (Å²) in [7, 11) is 1.57. The number of tetrazole rings is 1. The summed E-state index contributed by atoms with van der Waals surface area (Å²) in [6.07, 6.45) is 0.905. The Morgan fingerprint density at radius 2 is 1.83 bits per heavy atom. The molecule has 0 aliphatic heterocycles. The quantitative estimate of drug-likeness (QED) is 0.494. The summed E-state index contributed by atoms with van der Waals surface area (Å²) >= 11 is 0. The third kappa shape index (κ3) is 3.87. The highest BCUT2D eigenvalue weighted by molar-refractivity contribution is 5.62. The van der Waals surface area contributed by atoms with Crippen LogP contribution in [0.2, 0.25) is 0 Å². The molecule has 2 aromatic carbocycles. The van der Waals surface area contributed by atoms with Crippen LogP contribution in [0.4, 0.5) is 0 Å². The summed E-state index contributed by atoms with van der Waals surface area (Å²) in [6.45, 7) is 4.42. The van der Waals surface area contributed by atoms with Crippen LogP contribution in [0.5, 0.6) is 5.75 Å². The molecule has 0 amide bonds. The first-order valence-electron chi connectivity index (χ1n) is 9.84. The van der Waals surface area contributed by atoms with E-state index in [1.54, 1.807) is 7.05 Å². The number of rotatable bonds is 6. The molecule has 0 unspecified atom stereocenters. The van der Waals surface area contributed by atoms with Gasteiger partial charge in [0.2, 0.25) is 0 Å². The lowest BCUT2D eigenvalue weighted by atomic mass is 10.1. The average molecular weight is 401 g/mol. The van der Waals surface area contributed by atoms with Gasteiger partial charge >= 0.3 is 5.69 Å². The Hall–Kier alpha value is -3.74. The van der Waals surface area contributed by atoms with Crippen LogP contribution in [0, 0.1) is 6.92 Å². The molecule has 0 bridgehead atoms. The van der Waals surface area contributed by atoms with E-state index in [1.165, 1.54) is 9.36 Å². The molecule has 0 N–H and O–H groups in total. The highest BCUT2D eigenvalue weighted by Gasteiger charge is 2.12. The van der Waals surface area contributed by atoms with E-state index < -0.39 is 0 Å². The van der Waals surface area contributed by atoms with E-state index in [9.17, 15) is 4.79 Å². The molecule has 0 aliphatic carbocycles. The molecule has 0 atom stereocenters. The molecule has 4 rings (SSSR count). The van der Waals surface area contributed by atoms with Gasteiger partial charge < -0.3 is 4.74 Å². The third-order valence-corrected chi connectivity index (χ3v) is 4.96. The first kappa shape index (κ1) is 19.6. The van der Waals surface area contributed by atoms with Crippen molar-refractivity contribution >= 4 is 0 Å². The van der Waals surface area contributed by atoms with Crippen LogP contribution in [0.25, 0.3) is 16.9 Å². The Morgan fingerprint density at radius 3 is 2.57 bits per heavy atom. The lowest BCUT2D eigenvalue weighted by Gasteiger charge is -2.13. The highest BCUT2D eigenvalue weighted by atomic mass is 16.5. The zero-order chi connectivity index (χ0) is 21.1. The zero-order valence-electron chi connectivity index (χ0n) is 17.2. The third-order valence-electron chi connectivity index (χ3n) is 4.96. The van der Waals surface area contributed by atoms with Crippen molar-refractivity contribution in [2.45, 2.75) is 26.9 Å². The minimum Gasteiger partial charge on any atom is -0.489 e. The van der Waals surface area contributed by atoms with Crippen LogP contribution in [0.3, 0.4) is 0 Å². The summed E-state index contributed by atoms with van der Waals surface area (Å²) in [4.78, 5) is 16.9. The number of hydrogen-bond donors (Lipinski definition) is 0. The lowest BCUT2D eigenvalue weighted by molar-refractivity contribution is 0.303. The summed E-state index contributed by atoms with van der Waals surface area (Å²) in [6, 6.07) is 19.7. The van der Waals surface area contributed by atoms with Crippen molar-refractivity contribution in [3.63, 3.8) is 0 Å². The van der Waals surface area contributed by atoms with Gasteiger partial charge in [0.1, 0.15) is 12.4 Å². The summed E-state index contributed by atoms with van der Waals surface area (Å²) in [5, 5.41) is 7.72. The van der Waals surface area contributed by atoms with E-state index in [0.29, 0.717) is 12.3 Å². The molecule has 4 aromatic rings. The van der Waals surface area contributed by atoms with E-state index >= 15 is 0 Å². The van der Waals surface area contributed by atoms with Crippen LogP contribution in [-0.4, -0.2) is 24.8 Å². The highest BCUT2D eigenvalue weighted by Crippen LogP contribution is 2.26. The maximum Gasteiger partial charge on any atom is 0.368 e. The Balaban J connectivity index is 1.57. The van der Waals surface area contributed by atoms with Gasteiger partial charge in [-0.15, -0.1) is 0 Å². The largest absolute Gasteiger partial charge is 0.489 e. The minimum atomic E-state index is -0.301. The van der Waals surface area contributed by atoms with Gasteiger partial charge in [-0.3, -0.25) is 4.98 Å². The number of nitrogens with zero attached hydrogens (tertiary/aromatic N) is 5. The molecule has 0 radical (unpaired) electrons. The standard InChI is InChI=1S/C23H23N5O2/c1-4-19-9-7-10-20(24-19)17-12-13-22(16(2)14-17)30-15-18-8-5-6-11-21(18)28-23(29)27(3)25-26-28/h5-14H,4,15H2,1-3H3. The van der Waals surface area contributed by atoms with E-state index in [1.807, 2.05) is 61.5 Å². The summed E-state index contributed by atoms with van der Waals surface area (Å²) in [5.41, 5.74) is 5.31. The second-order valence-corrected chi connectivity index (χ2v) is 7.06. The van der Waals surface area contributed by atoms with Crippen molar-refractivity contribution in [3.8, 4) is 22.7 Å². The average Bonchev–Trinajstić information content (AvgIpc) is 3.11. The number of ether oxygens (including phenoxy) is 1. The fourth-order valence-corrected chi connectivity index (χ4v) is 3.27. The molecule has 0 aliphatic rings. The van der Waals surface area contributed by atoms with E-state index in [0.717, 1.165) is 40.2 Å². The number of aryl methyl sites for hydroxylation is 3. The van der Waals surface area contributed by atoms with Crippen LogP contribution in [0.15, 0.2) is 65.5 Å². The van der Waals surface area contributed by atoms with Gasteiger partial charge in [-0.1, -0.05) is 31.2 Å². The number of para-hydroxylation sites is 1. The number of aromatic nitrogens is 5. The molecule has 2 aromatic heterocycles. The monoisotopic (exact) mass is 401 g/mol. The van der Waals surface area contributed by atoms with Gasteiger partial charge in [-0.05, 0) is 65.7 Å². The Bertz CT molecular complexity index is 1240. The van der Waals surface area contributed by atoms with E-state index in [4.69, 9.17) is 9.72 Å². The number of benzene rings is 2. The van der Waals surface area contributed by atoms with Crippen molar-refractivity contribution in [1.29, 1.82) is 0 Å². The number of hydrogen-bond acceptors (Lipinski definition) is 5. The Labute approximate surface area is 174 Å². The first-order valence-corrected chi connectivity index (χ1v) is 9.84. The molecule has 0 saturated carbocycles. The molecule has 0 spiro atoms. The molecule has 2 heterocycles. The van der Waals surface area contributed by atoms with Crippen molar-refractivity contribution in [2.24, 2.45) is 7.05 Å². The van der Waals surface area contributed by atoms with E-state index in [-0.39, 0.29) is 5.69 Å². The Morgan fingerprint density at radius 1 is 1.00 bits per heavy atom. The van der Waals surface area contributed by atoms with Gasteiger partial charge in [-0.2, -0.15) is 9.36 Å². The maximum atomic E-state index is 12.2. The maximum absolute atomic E-state index is 12.2. The van der Waals surface area contributed by atoms with Crippen molar-refractivity contribution in [1.82, 2.24) is 24.8 Å². The van der Waals surface area contributed by atoms with Gasteiger partial charge in [-0.25, -0.2) is 4.79 Å². The fraction of sp³-hybridized carbons (Fsp3) is 0.217. The van der Waals surface area contributed by atoms with E-state index in [2.05, 4.69) is 23.4 Å². The predicted octanol–water partition coefficient (Wildman–Crippen LogP) is 3.48. The smallest absolute Gasteiger partial charge is 0.368 e.